The van der Waals surface area contributed by atoms with Crippen molar-refractivity contribution in [1.29, 1.82) is 0 Å². The Morgan fingerprint density at radius 1 is 1.37 bits per heavy atom. The number of alkyl halides is 3. The summed E-state index contributed by atoms with van der Waals surface area (Å²) in [6, 6.07) is 0. The molecule has 0 aliphatic carbocycles. The number of nitrogens with zero attached hydrogens (tertiary/aromatic N) is 3. The van der Waals surface area contributed by atoms with Crippen LogP contribution in [0.2, 0.25) is 0 Å². The number of hydrogen-bond acceptors (Lipinski definition) is 5. The van der Waals surface area contributed by atoms with E-state index in [0.29, 0.717) is 16.5 Å². The van der Waals surface area contributed by atoms with Gasteiger partial charge in [-0.15, -0.1) is 11.3 Å². The van der Waals surface area contributed by atoms with Gasteiger partial charge in [0.05, 0.1) is 6.54 Å². The number of rotatable bonds is 3. The van der Waals surface area contributed by atoms with Gasteiger partial charge < -0.3 is 9.42 Å². The summed E-state index contributed by atoms with van der Waals surface area (Å²) < 4.78 is 42.4. The molecule has 0 radical (unpaired) electrons. The molecule has 0 saturated heterocycles. The molecule has 2 aromatic rings. The maximum Gasteiger partial charge on any atom is 0.434 e. The van der Waals surface area contributed by atoms with E-state index in [1.54, 1.807) is 25.8 Å². The van der Waals surface area contributed by atoms with E-state index in [2.05, 4.69) is 10.1 Å². The maximum atomic E-state index is 12.4. The fourth-order valence-electron chi connectivity index (χ4n) is 1.82. The smallest absolute Gasteiger partial charge is 0.363 e. The topological polar surface area (TPSA) is 42.2 Å². The lowest BCUT2D eigenvalue weighted by Crippen LogP contribution is -2.17. The monoisotopic (exact) mass is 291 g/mol. The lowest BCUT2D eigenvalue weighted by Gasteiger charge is -2.16. The zero-order chi connectivity index (χ0) is 14.2. The Balaban J connectivity index is 2.16. The van der Waals surface area contributed by atoms with Crippen molar-refractivity contribution in [3.8, 4) is 0 Å². The Morgan fingerprint density at radius 3 is 2.53 bits per heavy atom. The molecule has 2 heterocycles. The molecule has 2 aromatic heterocycles. The van der Waals surface area contributed by atoms with Gasteiger partial charge in [0.1, 0.15) is 16.4 Å². The molecule has 4 nitrogen and oxygen atoms in total. The van der Waals surface area contributed by atoms with Crippen molar-refractivity contribution in [1.82, 2.24) is 10.1 Å². The van der Waals surface area contributed by atoms with E-state index in [1.807, 2.05) is 0 Å². The van der Waals surface area contributed by atoms with Crippen LogP contribution in [0.25, 0.3) is 0 Å². The SMILES string of the molecule is Cc1noc(C)c1N(C)Cc1nc(C(F)(F)F)cs1. The standard InChI is InChI=1S/C11H12F3N3OS/c1-6-10(7(2)18-16-6)17(3)4-9-15-8(5-19-9)11(12,13)14/h5H,4H2,1-3H3. The molecule has 0 aliphatic heterocycles. The van der Waals surface area contributed by atoms with Gasteiger partial charge in [-0.1, -0.05) is 5.16 Å². The summed E-state index contributed by atoms with van der Waals surface area (Å²) in [4.78, 5) is 5.37. The average molecular weight is 291 g/mol. The summed E-state index contributed by atoms with van der Waals surface area (Å²) in [7, 11) is 1.77. The first-order valence-corrected chi connectivity index (χ1v) is 6.32. The van der Waals surface area contributed by atoms with E-state index in [4.69, 9.17) is 4.52 Å². The van der Waals surface area contributed by atoms with Gasteiger partial charge in [0, 0.05) is 12.4 Å². The van der Waals surface area contributed by atoms with Gasteiger partial charge in [0.2, 0.25) is 0 Å². The number of thiazole rings is 1. The Morgan fingerprint density at radius 2 is 2.05 bits per heavy atom. The first-order valence-electron chi connectivity index (χ1n) is 5.44. The summed E-state index contributed by atoms with van der Waals surface area (Å²) in [5.74, 6) is 0.632. The van der Waals surface area contributed by atoms with E-state index in [1.165, 1.54) is 0 Å². The maximum absolute atomic E-state index is 12.4. The van der Waals surface area contributed by atoms with Crippen LogP contribution < -0.4 is 4.90 Å². The van der Waals surface area contributed by atoms with Crippen LogP contribution in [-0.2, 0) is 12.7 Å². The van der Waals surface area contributed by atoms with Gasteiger partial charge in [0.25, 0.3) is 0 Å². The van der Waals surface area contributed by atoms with E-state index >= 15 is 0 Å². The molecule has 0 aliphatic rings. The Kier molecular flexibility index (Phi) is 3.53. The minimum atomic E-state index is -4.39. The van der Waals surface area contributed by atoms with Crippen molar-refractivity contribution in [3.63, 3.8) is 0 Å². The van der Waals surface area contributed by atoms with Crippen LogP contribution in [0.4, 0.5) is 18.9 Å². The molecule has 104 valence electrons. The minimum Gasteiger partial charge on any atom is -0.363 e. The lowest BCUT2D eigenvalue weighted by molar-refractivity contribution is -0.140. The van der Waals surface area contributed by atoms with Gasteiger partial charge in [0.15, 0.2) is 11.5 Å². The third-order valence-electron chi connectivity index (χ3n) is 2.59. The first-order chi connectivity index (χ1) is 8.79. The molecule has 0 spiro atoms. The molecule has 8 heteroatoms. The molecule has 0 amide bonds. The first kappa shape index (κ1) is 13.9. The zero-order valence-corrected chi connectivity index (χ0v) is 11.4. The van der Waals surface area contributed by atoms with E-state index in [9.17, 15) is 13.2 Å². The third kappa shape index (κ3) is 2.89. The van der Waals surface area contributed by atoms with Crippen LogP contribution in [0.5, 0.6) is 0 Å². The summed E-state index contributed by atoms with van der Waals surface area (Å²) in [5.41, 5.74) is 0.635. The van der Waals surface area contributed by atoms with Crippen LogP contribution in [0.3, 0.4) is 0 Å². The highest BCUT2D eigenvalue weighted by Gasteiger charge is 2.33. The molecule has 0 unspecified atom stereocenters. The molecule has 2 rings (SSSR count). The average Bonchev–Trinajstić information content (AvgIpc) is 2.85. The van der Waals surface area contributed by atoms with Gasteiger partial charge in [-0.05, 0) is 13.8 Å². The molecule has 0 saturated carbocycles. The minimum absolute atomic E-state index is 0.281. The Labute approximate surface area is 111 Å². The quantitative estimate of drug-likeness (QED) is 0.869. The summed E-state index contributed by atoms with van der Waals surface area (Å²) in [5, 5.41) is 5.23. The summed E-state index contributed by atoms with van der Waals surface area (Å²) >= 11 is 0.990. The van der Waals surface area contributed by atoms with E-state index < -0.39 is 11.9 Å². The highest BCUT2D eigenvalue weighted by atomic mass is 32.1. The zero-order valence-electron chi connectivity index (χ0n) is 10.6. The van der Waals surface area contributed by atoms with Crippen molar-refractivity contribution in [2.45, 2.75) is 26.6 Å². The highest BCUT2D eigenvalue weighted by molar-refractivity contribution is 7.09. The number of halogens is 3. The van der Waals surface area contributed by atoms with Crippen molar-refractivity contribution in [2.75, 3.05) is 11.9 Å². The molecule has 0 aromatic carbocycles. The number of anilines is 1. The molecule has 0 atom stereocenters. The summed E-state index contributed by atoms with van der Waals surface area (Å²) in [6.07, 6.45) is -4.39. The van der Waals surface area contributed by atoms with Crippen LogP contribution in [0.15, 0.2) is 9.90 Å². The second-order valence-electron chi connectivity index (χ2n) is 4.15. The second kappa shape index (κ2) is 4.84. The second-order valence-corrected chi connectivity index (χ2v) is 5.10. The van der Waals surface area contributed by atoms with Crippen LogP contribution in [0, 0.1) is 13.8 Å². The van der Waals surface area contributed by atoms with E-state index in [-0.39, 0.29) is 6.54 Å². The predicted octanol–water partition coefficient (Wildman–Crippen LogP) is 3.40. The molecular formula is C11H12F3N3OS. The van der Waals surface area contributed by atoms with Crippen molar-refractivity contribution in [2.24, 2.45) is 0 Å². The molecular weight excluding hydrogens is 279 g/mol. The van der Waals surface area contributed by atoms with Gasteiger partial charge >= 0.3 is 6.18 Å². The summed E-state index contributed by atoms with van der Waals surface area (Å²) in [6.45, 7) is 3.82. The van der Waals surface area contributed by atoms with Crippen molar-refractivity contribution >= 4 is 17.0 Å². The largest absolute Gasteiger partial charge is 0.434 e. The van der Waals surface area contributed by atoms with Crippen LogP contribution in [0.1, 0.15) is 22.2 Å². The normalized spacial score (nSPS) is 11.9. The lowest BCUT2D eigenvalue weighted by atomic mass is 10.3. The molecule has 0 bridgehead atoms. The van der Waals surface area contributed by atoms with E-state index in [0.717, 1.165) is 22.4 Å². The van der Waals surface area contributed by atoms with Crippen LogP contribution >= 0.6 is 11.3 Å². The van der Waals surface area contributed by atoms with Crippen molar-refractivity contribution < 1.29 is 17.7 Å². The Hall–Kier alpha value is -1.57. The third-order valence-corrected chi connectivity index (χ3v) is 3.43. The fourth-order valence-corrected chi connectivity index (χ4v) is 2.67. The van der Waals surface area contributed by atoms with Crippen LogP contribution in [-0.4, -0.2) is 17.2 Å². The van der Waals surface area contributed by atoms with Gasteiger partial charge in [-0.3, -0.25) is 0 Å². The van der Waals surface area contributed by atoms with Gasteiger partial charge in [-0.25, -0.2) is 4.98 Å². The Bertz CT molecular complexity index is 556. The molecule has 0 N–H and O–H groups in total. The van der Waals surface area contributed by atoms with Crippen molar-refractivity contribution in [3.05, 3.63) is 27.5 Å². The van der Waals surface area contributed by atoms with Gasteiger partial charge in [-0.2, -0.15) is 13.2 Å². The number of aromatic nitrogens is 2. The number of aryl methyl sites for hydroxylation is 2. The number of hydrogen-bond donors (Lipinski definition) is 0. The predicted molar refractivity (Wildman–Crippen MR) is 65.2 cm³/mol. The molecule has 0 fully saturated rings. The molecule has 19 heavy (non-hydrogen) atoms. The fraction of sp³-hybridized carbons (Fsp3) is 0.455. The highest BCUT2D eigenvalue weighted by Crippen LogP contribution is 2.31.